The van der Waals surface area contributed by atoms with Crippen molar-refractivity contribution in [3.8, 4) is 0 Å². The predicted octanol–water partition coefficient (Wildman–Crippen LogP) is 3.62. The number of aryl methyl sites for hydroxylation is 1. The largest absolute Gasteiger partial charge is 0.421 e. The van der Waals surface area contributed by atoms with Crippen LogP contribution in [0.2, 0.25) is 0 Å². The molecule has 4 rings (SSSR count). The summed E-state index contributed by atoms with van der Waals surface area (Å²) < 4.78 is 46.3. The lowest BCUT2D eigenvalue weighted by Gasteiger charge is -2.14. The molecule has 0 bridgehead atoms. The second kappa shape index (κ2) is 6.50. The smallest absolute Gasteiger partial charge is 0.372 e. The number of hydrogen-bond donors (Lipinski definition) is 2. The molecule has 2 N–H and O–H groups in total. The fraction of sp³-hybridized carbons (Fsp3) is 0.412. The third-order valence-electron chi connectivity index (χ3n) is 4.90. The van der Waals surface area contributed by atoms with E-state index < -0.39 is 11.7 Å². The molecule has 1 atom stereocenters. The number of hydrogen-bond acceptors (Lipinski definition) is 7. The first-order valence-electron chi connectivity index (χ1n) is 8.67. The Balaban J connectivity index is 1.61. The summed E-state index contributed by atoms with van der Waals surface area (Å²) in [5.41, 5.74) is 2.47. The predicted molar refractivity (Wildman–Crippen MR) is 94.5 cm³/mol. The van der Waals surface area contributed by atoms with E-state index in [-0.39, 0.29) is 17.8 Å². The average Bonchev–Trinajstić information content (AvgIpc) is 3.32. The summed E-state index contributed by atoms with van der Waals surface area (Å²) in [6.45, 7) is 3.77. The van der Waals surface area contributed by atoms with Crippen LogP contribution in [0.25, 0.3) is 0 Å². The fourth-order valence-corrected chi connectivity index (χ4v) is 3.44. The topological polar surface area (TPSA) is 93.7 Å². The normalized spacial score (nSPS) is 16.3. The van der Waals surface area contributed by atoms with E-state index in [0.717, 1.165) is 41.8 Å². The number of nitrogens with zero attached hydrogens (tertiary/aromatic N) is 5. The number of rotatable bonds is 4. The first-order valence-corrected chi connectivity index (χ1v) is 8.67. The molecule has 1 aliphatic carbocycles. The molecule has 0 unspecified atom stereocenters. The van der Waals surface area contributed by atoms with Gasteiger partial charge in [-0.1, -0.05) is 5.16 Å². The van der Waals surface area contributed by atoms with E-state index in [1.54, 1.807) is 6.20 Å². The SMILES string of the molecule is CNc1nc(Nc2cnn([C@@H]3CCc4c(C)noc43)c2C)ncc1C(F)(F)F. The van der Waals surface area contributed by atoms with Crippen LogP contribution in [0.5, 0.6) is 0 Å². The van der Waals surface area contributed by atoms with E-state index >= 15 is 0 Å². The Hall–Kier alpha value is -3.11. The summed E-state index contributed by atoms with van der Waals surface area (Å²) in [6, 6.07) is -0.0619. The molecular weight excluding hydrogens is 375 g/mol. The van der Waals surface area contributed by atoms with Crippen molar-refractivity contribution in [1.29, 1.82) is 0 Å². The van der Waals surface area contributed by atoms with E-state index in [0.29, 0.717) is 5.69 Å². The minimum Gasteiger partial charge on any atom is -0.372 e. The monoisotopic (exact) mass is 393 g/mol. The van der Waals surface area contributed by atoms with Gasteiger partial charge in [0.1, 0.15) is 17.4 Å². The third kappa shape index (κ3) is 2.96. The Morgan fingerprint density at radius 1 is 1.25 bits per heavy atom. The van der Waals surface area contributed by atoms with E-state index in [1.807, 2.05) is 18.5 Å². The van der Waals surface area contributed by atoms with E-state index in [2.05, 4.69) is 30.9 Å². The third-order valence-corrected chi connectivity index (χ3v) is 4.90. The maximum absolute atomic E-state index is 13.0. The molecule has 0 aromatic carbocycles. The van der Waals surface area contributed by atoms with Crippen LogP contribution in [0.15, 0.2) is 16.9 Å². The van der Waals surface area contributed by atoms with Gasteiger partial charge in [-0.15, -0.1) is 0 Å². The van der Waals surface area contributed by atoms with E-state index in [1.165, 1.54) is 7.05 Å². The molecule has 11 heteroatoms. The summed E-state index contributed by atoms with van der Waals surface area (Å²) in [5, 5.41) is 13.8. The first-order chi connectivity index (χ1) is 13.3. The Morgan fingerprint density at radius 2 is 2.04 bits per heavy atom. The average molecular weight is 393 g/mol. The summed E-state index contributed by atoms with van der Waals surface area (Å²) in [7, 11) is 1.38. The molecule has 1 aliphatic rings. The van der Waals surface area contributed by atoms with Crippen molar-refractivity contribution < 1.29 is 17.7 Å². The molecular formula is C17H18F3N7O. The minimum absolute atomic E-state index is 0.0441. The highest BCUT2D eigenvalue weighted by Gasteiger charge is 2.35. The van der Waals surface area contributed by atoms with Gasteiger partial charge in [-0.3, -0.25) is 4.68 Å². The summed E-state index contributed by atoms with van der Waals surface area (Å²) in [4.78, 5) is 7.71. The Kier molecular flexibility index (Phi) is 4.24. The van der Waals surface area contributed by atoms with Gasteiger partial charge in [0.15, 0.2) is 5.76 Å². The highest BCUT2D eigenvalue weighted by molar-refractivity contribution is 5.58. The fourth-order valence-electron chi connectivity index (χ4n) is 3.44. The molecule has 3 aromatic heterocycles. The maximum Gasteiger partial charge on any atom is 0.421 e. The lowest BCUT2D eigenvalue weighted by atomic mass is 10.2. The number of halogens is 3. The van der Waals surface area contributed by atoms with Crippen LogP contribution < -0.4 is 10.6 Å². The van der Waals surface area contributed by atoms with Crippen LogP contribution in [-0.2, 0) is 12.6 Å². The molecule has 3 aromatic rings. The van der Waals surface area contributed by atoms with Gasteiger partial charge in [-0.2, -0.15) is 23.3 Å². The van der Waals surface area contributed by atoms with Gasteiger partial charge >= 0.3 is 6.18 Å². The van der Waals surface area contributed by atoms with Crippen LogP contribution in [-0.4, -0.2) is 32.0 Å². The Labute approximate surface area is 158 Å². The first kappa shape index (κ1) is 18.3. The number of aromatic nitrogens is 5. The number of alkyl halides is 3. The van der Waals surface area contributed by atoms with Gasteiger partial charge in [0.2, 0.25) is 5.95 Å². The molecule has 8 nitrogen and oxygen atoms in total. The van der Waals surface area contributed by atoms with Gasteiger partial charge in [0, 0.05) is 18.8 Å². The zero-order chi connectivity index (χ0) is 20.1. The van der Waals surface area contributed by atoms with E-state index in [9.17, 15) is 13.2 Å². The van der Waals surface area contributed by atoms with Crippen molar-refractivity contribution in [2.75, 3.05) is 17.7 Å². The number of anilines is 3. The molecule has 0 spiro atoms. The quantitative estimate of drug-likeness (QED) is 0.699. The van der Waals surface area contributed by atoms with Crippen LogP contribution in [0.1, 0.15) is 40.7 Å². The van der Waals surface area contributed by atoms with Crippen molar-refractivity contribution in [2.24, 2.45) is 0 Å². The lowest BCUT2D eigenvalue weighted by molar-refractivity contribution is -0.137. The number of nitrogens with one attached hydrogen (secondary N) is 2. The van der Waals surface area contributed by atoms with Gasteiger partial charge in [-0.25, -0.2) is 4.98 Å². The van der Waals surface area contributed by atoms with Gasteiger partial charge in [-0.05, 0) is 26.7 Å². The van der Waals surface area contributed by atoms with Crippen molar-refractivity contribution in [3.05, 3.63) is 40.7 Å². The highest BCUT2D eigenvalue weighted by atomic mass is 19.4. The summed E-state index contributed by atoms with van der Waals surface area (Å²) in [5.74, 6) is 0.550. The molecule has 0 radical (unpaired) electrons. The molecule has 0 saturated heterocycles. The zero-order valence-electron chi connectivity index (χ0n) is 15.4. The van der Waals surface area contributed by atoms with Crippen LogP contribution in [0, 0.1) is 13.8 Å². The molecule has 28 heavy (non-hydrogen) atoms. The lowest BCUT2D eigenvalue weighted by Crippen LogP contribution is -2.13. The second-order valence-electron chi connectivity index (χ2n) is 6.58. The number of fused-ring (bicyclic) bond motifs is 1. The van der Waals surface area contributed by atoms with Crippen molar-refractivity contribution in [3.63, 3.8) is 0 Å². The Bertz CT molecular complexity index is 1020. The molecule has 3 heterocycles. The van der Waals surface area contributed by atoms with Crippen molar-refractivity contribution in [2.45, 2.75) is 38.9 Å². The highest BCUT2D eigenvalue weighted by Crippen LogP contribution is 2.38. The molecule has 0 amide bonds. The van der Waals surface area contributed by atoms with E-state index in [4.69, 9.17) is 4.52 Å². The second-order valence-corrected chi connectivity index (χ2v) is 6.58. The van der Waals surface area contributed by atoms with Gasteiger partial charge < -0.3 is 15.2 Å². The molecule has 0 aliphatic heterocycles. The molecule has 0 fully saturated rings. The summed E-state index contributed by atoms with van der Waals surface area (Å²) in [6.07, 6.45) is -0.476. The van der Waals surface area contributed by atoms with Gasteiger partial charge in [0.05, 0.1) is 23.3 Å². The standard InChI is InChI=1S/C17H18F3N7O/c1-8-10-4-5-13(14(10)28-26-8)27-9(2)12(7-23-27)24-16-22-6-11(17(18,19)20)15(21-3)25-16/h6-7,13H,4-5H2,1-3H3,(H2,21,22,24,25)/t13-/m1/s1. The van der Waals surface area contributed by atoms with Crippen molar-refractivity contribution >= 4 is 17.5 Å². The van der Waals surface area contributed by atoms with Crippen LogP contribution >= 0.6 is 0 Å². The van der Waals surface area contributed by atoms with Gasteiger partial charge in [0.25, 0.3) is 0 Å². The van der Waals surface area contributed by atoms with Crippen LogP contribution in [0.4, 0.5) is 30.6 Å². The maximum atomic E-state index is 13.0. The van der Waals surface area contributed by atoms with Crippen LogP contribution in [0.3, 0.4) is 0 Å². The Morgan fingerprint density at radius 3 is 2.75 bits per heavy atom. The molecule has 0 saturated carbocycles. The zero-order valence-corrected chi connectivity index (χ0v) is 15.4. The van der Waals surface area contributed by atoms with Crippen molar-refractivity contribution in [1.82, 2.24) is 24.9 Å². The minimum atomic E-state index is -4.53. The summed E-state index contributed by atoms with van der Waals surface area (Å²) >= 11 is 0. The molecule has 148 valence electrons.